The zero-order valence-corrected chi connectivity index (χ0v) is 14.7. The molecule has 1 aromatic heterocycles. The van der Waals surface area contributed by atoms with Gasteiger partial charge in [-0.25, -0.2) is 0 Å². The van der Waals surface area contributed by atoms with Crippen LogP contribution in [0.25, 0.3) is 0 Å². The number of nitrogens with zero attached hydrogens (tertiary/aromatic N) is 3. The Morgan fingerprint density at radius 2 is 2.00 bits per heavy atom. The third-order valence-electron chi connectivity index (χ3n) is 4.89. The van der Waals surface area contributed by atoms with Gasteiger partial charge in [-0.05, 0) is 50.3 Å². The Hall–Kier alpha value is -2.32. The molecule has 0 bridgehead atoms. The lowest BCUT2D eigenvalue weighted by atomic mass is 10.1. The van der Waals surface area contributed by atoms with Crippen molar-refractivity contribution in [3.05, 3.63) is 46.8 Å². The minimum absolute atomic E-state index is 0.208. The summed E-state index contributed by atoms with van der Waals surface area (Å²) in [5.41, 5.74) is 3.50. The second-order valence-electron chi connectivity index (χ2n) is 6.66. The predicted octanol–water partition coefficient (Wildman–Crippen LogP) is 3.68. The van der Waals surface area contributed by atoms with E-state index in [2.05, 4.69) is 11.2 Å². The SMILES string of the molecule is Cc1nn(C2CCCC2)c(COc2ccc(CCCO)cc2)c1C#N. The van der Waals surface area contributed by atoms with Gasteiger partial charge in [0.2, 0.25) is 0 Å². The molecule has 25 heavy (non-hydrogen) atoms. The van der Waals surface area contributed by atoms with Crippen LogP contribution in [0.1, 0.15) is 60.7 Å². The maximum atomic E-state index is 9.49. The Bertz CT molecular complexity index is 738. The molecule has 2 aromatic rings. The standard InChI is InChI=1S/C20H25N3O2/c1-15-19(13-21)20(23(22-15)17-6-2-3-7-17)14-25-18-10-8-16(9-11-18)5-4-12-24/h8-11,17,24H,2-7,12,14H2,1H3. The second kappa shape index (κ2) is 8.17. The highest BCUT2D eigenvalue weighted by Gasteiger charge is 2.24. The number of aryl methyl sites for hydroxylation is 2. The van der Waals surface area contributed by atoms with E-state index >= 15 is 0 Å². The van der Waals surface area contributed by atoms with Gasteiger partial charge in [0, 0.05) is 6.61 Å². The summed E-state index contributed by atoms with van der Waals surface area (Å²) in [7, 11) is 0. The number of hydrogen-bond acceptors (Lipinski definition) is 4. The van der Waals surface area contributed by atoms with Crippen LogP contribution in [-0.2, 0) is 13.0 Å². The van der Waals surface area contributed by atoms with Crippen LogP contribution < -0.4 is 4.74 Å². The second-order valence-corrected chi connectivity index (χ2v) is 6.66. The first-order chi connectivity index (χ1) is 12.2. The van der Waals surface area contributed by atoms with Gasteiger partial charge in [0.05, 0.1) is 23.0 Å². The summed E-state index contributed by atoms with van der Waals surface area (Å²) in [5.74, 6) is 0.786. The lowest BCUT2D eigenvalue weighted by Crippen LogP contribution is -2.13. The fourth-order valence-corrected chi connectivity index (χ4v) is 3.52. The molecule has 0 unspecified atom stereocenters. The number of rotatable bonds is 7. The van der Waals surface area contributed by atoms with Gasteiger partial charge >= 0.3 is 0 Å². The summed E-state index contributed by atoms with van der Waals surface area (Å²) >= 11 is 0. The molecule has 132 valence electrons. The fraction of sp³-hybridized carbons (Fsp3) is 0.500. The van der Waals surface area contributed by atoms with Crippen molar-refractivity contribution in [1.29, 1.82) is 5.26 Å². The van der Waals surface area contributed by atoms with E-state index in [0.717, 1.165) is 42.8 Å². The van der Waals surface area contributed by atoms with E-state index in [4.69, 9.17) is 9.84 Å². The van der Waals surface area contributed by atoms with E-state index in [1.54, 1.807) is 0 Å². The molecule has 0 spiro atoms. The van der Waals surface area contributed by atoms with E-state index in [1.165, 1.54) is 18.4 Å². The topological polar surface area (TPSA) is 71.1 Å². The van der Waals surface area contributed by atoms with E-state index in [0.29, 0.717) is 18.2 Å². The van der Waals surface area contributed by atoms with Crippen LogP contribution in [0.3, 0.4) is 0 Å². The maximum Gasteiger partial charge on any atom is 0.131 e. The van der Waals surface area contributed by atoms with Gasteiger partial charge in [-0.15, -0.1) is 0 Å². The van der Waals surface area contributed by atoms with Crippen molar-refractivity contribution in [3.8, 4) is 11.8 Å². The normalized spacial score (nSPS) is 14.6. The summed E-state index contributed by atoms with van der Waals surface area (Å²) in [6.07, 6.45) is 6.33. The fourth-order valence-electron chi connectivity index (χ4n) is 3.52. The first kappa shape index (κ1) is 17.5. The van der Waals surface area contributed by atoms with E-state index < -0.39 is 0 Å². The van der Waals surface area contributed by atoms with Gasteiger partial charge in [0.1, 0.15) is 18.4 Å². The first-order valence-corrected chi connectivity index (χ1v) is 9.03. The van der Waals surface area contributed by atoms with Crippen LogP contribution >= 0.6 is 0 Å². The third kappa shape index (κ3) is 4.02. The molecule has 5 nitrogen and oxygen atoms in total. The largest absolute Gasteiger partial charge is 0.487 e. The van der Waals surface area contributed by atoms with Crippen LogP contribution in [0.2, 0.25) is 0 Å². The smallest absolute Gasteiger partial charge is 0.131 e. The molecule has 0 saturated heterocycles. The monoisotopic (exact) mass is 339 g/mol. The van der Waals surface area contributed by atoms with Gasteiger partial charge in [0.25, 0.3) is 0 Å². The quantitative estimate of drug-likeness (QED) is 0.835. The van der Waals surface area contributed by atoms with Crippen molar-refractivity contribution in [2.75, 3.05) is 6.61 Å². The van der Waals surface area contributed by atoms with Crippen molar-refractivity contribution in [1.82, 2.24) is 9.78 Å². The van der Waals surface area contributed by atoms with Crippen LogP contribution in [0.4, 0.5) is 0 Å². The Morgan fingerprint density at radius 1 is 1.28 bits per heavy atom. The molecule has 0 atom stereocenters. The highest BCUT2D eigenvalue weighted by molar-refractivity contribution is 5.38. The lowest BCUT2D eigenvalue weighted by Gasteiger charge is -2.15. The van der Waals surface area contributed by atoms with Gasteiger partial charge in [-0.2, -0.15) is 10.4 Å². The molecule has 1 fully saturated rings. The predicted molar refractivity (Wildman–Crippen MR) is 95.4 cm³/mol. The summed E-state index contributed by atoms with van der Waals surface area (Å²) in [6.45, 7) is 2.46. The van der Waals surface area contributed by atoms with Crippen molar-refractivity contribution in [2.45, 2.75) is 58.1 Å². The zero-order chi connectivity index (χ0) is 17.6. The Morgan fingerprint density at radius 3 is 2.64 bits per heavy atom. The molecule has 1 saturated carbocycles. The minimum atomic E-state index is 0.208. The average Bonchev–Trinajstić information content (AvgIpc) is 3.26. The van der Waals surface area contributed by atoms with Crippen LogP contribution in [0.15, 0.2) is 24.3 Å². The summed E-state index contributed by atoms with van der Waals surface area (Å²) in [5, 5.41) is 23.0. The highest BCUT2D eigenvalue weighted by atomic mass is 16.5. The molecular formula is C20H25N3O2. The number of hydrogen-bond donors (Lipinski definition) is 1. The number of ether oxygens (including phenoxy) is 1. The number of aliphatic hydroxyl groups excluding tert-OH is 1. The molecule has 1 aromatic carbocycles. The molecular weight excluding hydrogens is 314 g/mol. The minimum Gasteiger partial charge on any atom is -0.487 e. The first-order valence-electron chi connectivity index (χ1n) is 9.03. The zero-order valence-electron chi connectivity index (χ0n) is 14.7. The summed E-state index contributed by atoms with van der Waals surface area (Å²) in [4.78, 5) is 0. The molecule has 0 aliphatic heterocycles. The van der Waals surface area contributed by atoms with Crippen LogP contribution in [0.5, 0.6) is 5.75 Å². The number of nitriles is 1. The van der Waals surface area contributed by atoms with E-state index in [-0.39, 0.29) is 6.61 Å². The molecule has 0 amide bonds. The summed E-state index contributed by atoms with van der Waals surface area (Å²) in [6, 6.07) is 10.6. The molecule has 0 radical (unpaired) electrons. The van der Waals surface area contributed by atoms with Crippen molar-refractivity contribution < 1.29 is 9.84 Å². The van der Waals surface area contributed by atoms with Crippen molar-refractivity contribution in [3.63, 3.8) is 0 Å². The molecule has 3 rings (SSSR count). The van der Waals surface area contributed by atoms with Gasteiger partial charge < -0.3 is 9.84 Å². The van der Waals surface area contributed by atoms with Gasteiger partial charge in [-0.1, -0.05) is 25.0 Å². The number of benzene rings is 1. The van der Waals surface area contributed by atoms with E-state index in [9.17, 15) is 5.26 Å². The molecule has 1 N–H and O–H groups in total. The number of aliphatic hydroxyl groups is 1. The third-order valence-corrected chi connectivity index (χ3v) is 4.89. The molecule has 1 heterocycles. The van der Waals surface area contributed by atoms with Crippen LogP contribution in [-0.4, -0.2) is 21.5 Å². The molecule has 1 aliphatic rings. The maximum absolute atomic E-state index is 9.49. The Balaban J connectivity index is 1.73. The van der Waals surface area contributed by atoms with Crippen molar-refractivity contribution in [2.24, 2.45) is 0 Å². The Kier molecular flexibility index (Phi) is 5.72. The van der Waals surface area contributed by atoms with Gasteiger partial charge in [-0.3, -0.25) is 4.68 Å². The van der Waals surface area contributed by atoms with Gasteiger partial charge in [0.15, 0.2) is 0 Å². The lowest BCUT2D eigenvalue weighted by molar-refractivity contribution is 0.283. The summed E-state index contributed by atoms with van der Waals surface area (Å²) < 4.78 is 7.97. The average molecular weight is 339 g/mol. The molecule has 1 aliphatic carbocycles. The Labute approximate surface area is 148 Å². The van der Waals surface area contributed by atoms with E-state index in [1.807, 2.05) is 35.9 Å². The van der Waals surface area contributed by atoms with Crippen LogP contribution in [0, 0.1) is 18.3 Å². The molecule has 5 heteroatoms. The number of aromatic nitrogens is 2. The van der Waals surface area contributed by atoms with Crippen molar-refractivity contribution >= 4 is 0 Å². The highest BCUT2D eigenvalue weighted by Crippen LogP contribution is 2.32.